The molecule has 0 aliphatic carbocycles. The molecule has 1 saturated heterocycles. The Balaban J connectivity index is 2.41. The van der Waals surface area contributed by atoms with Crippen molar-refractivity contribution in [3.8, 4) is 0 Å². The summed E-state index contributed by atoms with van der Waals surface area (Å²) in [5.41, 5.74) is -0.677. The second-order valence-electron chi connectivity index (χ2n) is 4.38. The smallest absolute Gasteiger partial charge is 0.433 e. The van der Waals surface area contributed by atoms with Crippen LogP contribution in [0.3, 0.4) is 0 Å². The van der Waals surface area contributed by atoms with Gasteiger partial charge in [0.15, 0.2) is 0 Å². The monoisotopic (exact) mass is 302 g/mol. The number of nitrogens with zero attached hydrogens (tertiary/aromatic N) is 2. The number of hydrogen-bond donors (Lipinski definition) is 1. The molecule has 1 N–H and O–H groups in total. The summed E-state index contributed by atoms with van der Waals surface area (Å²) >= 11 is 0. The molecule has 21 heavy (non-hydrogen) atoms. The number of ether oxygens (including phenoxy) is 1. The highest BCUT2D eigenvalue weighted by molar-refractivity contribution is 5.86. The average molecular weight is 302 g/mol. The van der Waals surface area contributed by atoms with Crippen molar-refractivity contribution in [2.75, 3.05) is 31.2 Å². The van der Waals surface area contributed by atoms with Crippen molar-refractivity contribution >= 4 is 17.9 Å². The number of carboxylic acids is 1. The third-order valence-corrected chi connectivity index (χ3v) is 2.91. The summed E-state index contributed by atoms with van der Waals surface area (Å²) in [6.45, 7) is 1.59. The molecule has 8 heteroatoms. The number of alkyl halides is 3. The Morgan fingerprint density at radius 1 is 1.33 bits per heavy atom. The normalized spacial score (nSPS) is 16.4. The molecule has 5 nitrogen and oxygen atoms in total. The molecule has 114 valence electrons. The molecular weight excluding hydrogens is 289 g/mol. The summed E-state index contributed by atoms with van der Waals surface area (Å²) in [6, 6.07) is 2.06. The summed E-state index contributed by atoms with van der Waals surface area (Å²) in [7, 11) is 0. The van der Waals surface area contributed by atoms with Crippen molar-refractivity contribution < 1.29 is 27.8 Å². The largest absolute Gasteiger partial charge is 0.478 e. The lowest BCUT2D eigenvalue weighted by atomic mass is 10.2. The highest BCUT2D eigenvalue weighted by Crippen LogP contribution is 2.31. The molecule has 1 aliphatic heterocycles. The Labute approximate surface area is 118 Å². The molecular formula is C13H13F3N2O3. The Kier molecular flexibility index (Phi) is 4.46. The maximum absolute atomic E-state index is 12.8. The van der Waals surface area contributed by atoms with Crippen LogP contribution in [-0.4, -0.2) is 42.4 Å². The van der Waals surface area contributed by atoms with Crippen LogP contribution in [0.4, 0.5) is 19.0 Å². The van der Waals surface area contributed by atoms with Crippen LogP contribution >= 0.6 is 0 Å². The molecule has 2 rings (SSSR count). The van der Waals surface area contributed by atoms with E-state index in [4.69, 9.17) is 9.84 Å². The molecule has 0 atom stereocenters. The summed E-state index contributed by atoms with van der Waals surface area (Å²) in [6.07, 6.45) is -2.44. The van der Waals surface area contributed by atoms with Gasteiger partial charge in [0.05, 0.1) is 13.2 Å². The second kappa shape index (κ2) is 6.13. The minimum absolute atomic E-state index is 0.116. The zero-order valence-electron chi connectivity index (χ0n) is 10.9. The van der Waals surface area contributed by atoms with E-state index in [1.807, 2.05) is 0 Å². The molecule has 1 aromatic rings. The van der Waals surface area contributed by atoms with Gasteiger partial charge in [-0.25, -0.2) is 9.78 Å². The van der Waals surface area contributed by atoms with Crippen LogP contribution in [0.25, 0.3) is 6.08 Å². The van der Waals surface area contributed by atoms with Crippen molar-refractivity contribution in [1.29, 1.82) is 0 Å². The fourth-order valence-electron chi connectivity index (χ4n) is 1.94. The van der Waals surface area contributed by atoms with Crippen LogP contribution in [0, 0.1) is 0 Å². The summed E-state index contributed by atoms with van der Waals surface area (Å²) in [5, 5.41) is 8.64. The van der Waals surface area contributed by atoms with Gasteiger partial charge >= 0.3 is 12.1 Å². The van der Waals surface area contributed by atoms with E-state index in [1.165, 1.54) is 12.1 Å². The lowest BCUT2D eigenvalue weighted by Crippen LogP contribution is -2.37. The number of rotatable bonds is 3. The first-order valence-corrected chi connectivity index (χ1v) is 6.20. The molecule has 1 aliphatic rings. The topological polar surface area (TPSA) is 62.7 Å². The number of hydrogen-bond acceptors (Lipinski definition) is 4. The first-order valence-electron chi connectivity index (χ1n) is 6.20. The standard InChI is InChI=1S/C13H13F3N2O3/c14-13(15,16)10-3-1-9(2-4-11(19)20)12(17-10)18-5-7-21-8-6-18/h1-4H,5-8H2,(H,19,20)/b4-2+. The van der Waals surface area contributed by atoms with Crippen molar-refractivity contribution in [3.63, 3.8) is 0 Å². The number of carbonyl (C=O) groups is 1. The first-order chi connectivity index (χ1) is 9.88. The van der Waals surface area contributed by atoms with E-state index < -0.39 is 17.8 Å². The zero-order chi connectivity index (χ0) is 15.5. The van der Waals surface area contributed by atoms with E-state index in [-0.39, 0.29) is 5.82 Å². The Bertz CT molecular complexity index is 552. The first kappa shape index (κ1) is 15.3. The minimum Gasteiger partial charge on any atom is -0.478 e. The molecule has 1 aromatic heterocycles. The quantitative estimate of drug-likeness (QED) is 0.866. The van der Waals surface area contributed by atoms with Gasteiger partial charge in [-0.15, -0.1) is 0 Å². The molecule has 1 fully saturated rings. The average Bonchev–Trinajstić information content (AvgIpc) is 2.45. The predicted octanol–water partition coefficient (Wildman–Crippen LogP) is 2.03. The Morgan fingerprint density at radius 3 is 2.57 bits per heavy atom. The van der Waals surface area contributed by atoms with Crippen LogP contribution in [0.5, 0.6) is 0 Å². The molecule has 0 spiro atoms. The van der Waals surface area contributed by atoms with Gasteiger partial charge in [0.25, 0.3) is 0 Å². The minimum atomic E-state index is -4.55. The van der Waals surface area contributed by atoms with Gasteiger partial charge in [0.2, 0.25) is 0 Å². The van der Waals surface area contributed by atoms with E-state index in [9.17, 15) is 18.0 Å². The van der Waals surface area contributed by atoms with Gasteiger partial charge in [0, 0.05) is 24.7 Å². The van der Waals surface area contributed by atoms with Crippen molar-refractivity contribution in [1.82, 2.24) is 4.98 Å². The summed E-state index contributed by atoms with van der Waals surface area (Å²) in [4.78, 5) is 15.9. The maximum atomic E-state index is 12.8. The van der Waals surface area contributed by atoms with E-state index in [0.29, 0.717) is 31.9 Å². The summed E-state index contributed by atoms with van der Waals surface area (Å²) < 4.78 is 43.4. The number of halogens is 3. The van der Waals surface area contributed by atoms with Crippen molar-refractivity contribution in [2.45, 2.75) is 6.18 Å². The molecule has 0 radical (unpaired) electrons. The number of aliphatic carboxylic acids is 1. The molecule has 0 amide bonds. The van der Waals surface area contributed by atoms with Crippen molar-refractivity contribution in [3.05, 3.63) is 29.5 Å². The lowest BCUT2D eigenvalue weighted by Gasteiger charge is -2.29. The summed E-state index contributed by atoms with van der Waals surface area (Å²) in [5.74, 6) is -1.06. The fourth-order valence-corrected chi connectivity index (χ4v) is 1.94. The molecule has 0 bridgehead atoms. The van der Waals surface area contributed by atoms with Crippen LogP contribution in [-0.2, 0) is 15.7 Å². The fraction of sp³-hybridized carbons (Fsp3) is 0.385. The molecule has 0 saturated carbocycles. The number of pyridine rings is 1. The van der Waals surface area contributed by atoms with Crippen LogP contribution < -0.4 is 4.90 Å². The Hall–Kier alpha value is -2.09. The predicted molar refractivity (Wildman–Crippen MR) is 68.9 cm³/mol. The maximum Gasteiger partial charge on any atom is 0.433 e. The lowest BCUT2D eigenvalue weighted by molar-refractivity contribution is -0.141. The highest BCUT2D eigenvalue weighted by Gasteiger charge is 2.33. The third-order valence-electron chi connectivity index (χ3n) is 2.91. The van der Waals surface area contributed by atoms with Gasteiger partial charge in [-0.2, -0.15) is 13.2 Å². The van der Waals surface area contributed by atoms with Crippen LogP contribution in [0.15, 0.2) is 18.2 Å². The number of morpholine rings is 1. The van der Waals surface area contributed by atoms with Crippen molar-refractivity contribution in [2.24, 2.45) is 0 Å². The van der Waals surface area contributed by atoms with Crippen LogP contribution in [0.2, 0.25) is 0 Å². The highest BCUT2D eigenvalue weighted by atomic mass is 19.4. The number of anilines is 1. The molecule has 2 heterocycles. The third kappa shape index (κ3) is 3.94. The second-order valence-corrected chi connectivity index (χ2v) is 4.38. The number of aromatic nitrogens is 1. The van der Waals surface area contributed by atoms with Gasteiger partial charge in [-0.3, -0.25) is 0 Å². The molecule has 0 aromatic carbocycles. The zero-order valence-corrected chi connectivity index (χ0v) is 10.9. The van der Waals surface area contributed by atoms with Gasteiger partial charge in [-0.05, 0) is 18.2 Å². The van der Waals surface area contributed by atoms with Gasteiger partial charge in [0.1, 0.15) is 11.5 Å². The van der Waals surface area contributed by atoms with E-state index >= 15 is 0 Å². The van der Waals surface area contributed by atoms with E-state index in [2.05, 4.69) is 4.98 Å². The van der Waals surface area contributed by atoms with E-state index in [1.54, 1.807) is 4.90 Å². The van der Waals surface area contributed by atoms with Gasteiger partial charge < -0.3 is 14.7 Å². The van der Waals surface area contributed by atoms with Gasteiger partial charge in [-0.1, -0.05) is 0 Å². The van der Waals surface area contributed by atoms with E-state index in [0.717, 1.165) is 12.1 Å². The number of carboxylic acid groups (broad SMARTS) is 1. The Morgan fingerprint density at radius 2 is 2.00 bits per heavy atom. The van der Waals surface area contributed by atoms with Crippen LogP contribution in [0.1, 0.15) is 11.3 Å². The SMILES string of the molecule is O=C(O)/C=C/c1ccc(C(F)(F)F)nc1N1CCOCC1. The molecule has 0 unspecified atom stereocenters.